The summed E-state index contributed by atoms with van der Waals surface area (Å²) in [4.78, 5) is 22.9. The Bertz CT molecular complexity index is 1070. The molecule has 0 bridgehead atoms. The first-order chi connectivity index (χ1) is 13.4. The van der Waals surface area contributed by atoms with Crippen molar-refractivity contribution in [3.63, 3.8) is 0 Å². The van der Waals surface area contributed by atoms with Crippen molar-refractivity contribution >= 4 is 45.9 Å². The molecule has 1 saturated heterocycles. The van der Waals surface area contributed by atoms with Crippen molar-refractivity contribution in [3.8, 4) is 11.1 Å². The lowest BCUT2D eigenvalue weighted by molar-refractivity contribution is -0.141. The van der Waals surface area contributed by atoms with Crippen LogP contribution in [0.3, 0.4) is 0 Å². The zero-order valence-electron chi connectivity index (χ0n) is 15.3. The van der Waals surface area contributed by atoms with Crippen LogP contribution in [0.5, 0.6) is 0 Å². The molecule has 4 rings (SSSR count). The van der Waals surface area contributed by atoms with E-state index in [1.54, 1.807) is 6.07 Å². The highest BCUT2D eigenvalue weighted by molar-refractivity contribution is 6.42. The number of piperidine rings is 1. The number of hydrogen-bond acceptors (Lipinski definition) is 4. The van der Waals surface area contributed by atoms with E-state index in [9.17, 15) is 9.90 Å². The molecule has 2 heterocycles. The number of carboxylic acid groups (broad SMARTS) is 1. The number of aryl methyl sites for hydroxylation is 1. The Balaban J connectivity index is 1.91. The fourth-order valence-corrected chi connectivity index (χ4v) is 4.08. The number of hydrogen-bond donors (Lipinski definition) is 1. The summed E-state index contributed by atoms with van der Waals surface area (Å²) >= 11 is 12.3. The van der Waals surface area contributed by atoms with Gasteiger partial charge in [0.15, 0.2) is 0 Å². The van der Waals surface area contributed by atoms with Gasteiger partial charge < -0.3 is 10.0 Å². The Kier molecular flexibility index (Phi) is 5.13. The highest BCUT2D eigenvalue weighted by atomic mass is 35.5. The van der Waals surface area contributed by atoms with Crippen molar-refractivity contribution in [3.05, 3.63) is 52.3 Å². The predicted octanol–water partition coefficient (Wildman–Crippen LogP) is 5.21. The van der Waals surface area contributed by atoms with E-state index >= 15 is 0 Å². The Labute approximate surface area is 172 Å². The van der Waals surface area contributed by atoms with Crippen molar-refractivity contribution in [2.24, 2.45) is 5.92 Å². The molecule has 0 spiro atoms. The van der Waals surface area contributed by atoms with Crippen LogP contribution in [-0.4, -0.2) is 34.1 Å². The molecule has 1 aliphatic heterocycles. The van der Waals surface area contributed by atoms with Crippen molar-refractivity contribution in [1.29, 1.82) is 0 Å². The first-order valence-electron chi connectivity index (χ1n) is 9.14. The van der Waals surface area contributed by atoms with Gasteiger partial charge in [0.05, 0.1) is 26.9 Å². The van der Waals surface area contributed by atoms with Gasteiger partial charge in [0.1, 0.15) is 11.6 Å². The molecular weight excluding hydrogens is 397 g/mol. The predicted molar refractivity (Wildman–Crippen MR) is 112 cm³/mol. The Morgan fingerprint density at radius 2 is 2.00 bits per heavy atom. The van der Waals surface area contributed by atoms with E-state index in [2.05, 4.69) is 9.88 Å². The number of benzene rings is 2. The van der Waals surface area contributed by atoms with Crippen LogP contribution >= 0.6 is 23.2 Å². The summed E-state index contributed by atoms with van der Waals surface area (Å²) < 4.78 is 0. The molecule has 1 aromatic heterocycles. The minimum absolute atomic E-state index is 0.392. The number of carboxylic acids is 1. The van der Waals surface area contributed by atoms with Gasteiger partial charge >= 0.3 is 5.97 Å². The van der Waals surface area contributed by atoms with Gasteiger partial charge in [-0.3, -0.25) is 4.79 Å². The van der Waals surface area contributed by atoms with Crippen molar-refractivity contribution in [2.75, 3.05) is 18.0 Å². The first-order valence-corrected chi connectivity index (χ1v) is 9.90. The molecule has 28 heavy (non-hydrogen) atoms. The lowest BCUT2D eigenvalue weighted by atomic mass is 9.96. The second kappa shape index (κ2) is 7.57. The summed E-state index contributed by atoms with van der Waals surface area (Å²) in [6, 6.07) is 11.4. The summed E-state index contributed by atoms with van der Waals surface area (Å²) in [5, 5.41) is 11.4. The van der Waals surface area contributed by atoms with E-state index in [4.69, 9.17) is 28.2 Å². The van der Waals surface area contributed by atoms with Crippen LogP contribution in [0.25, 0.3) is 22.0 Å². The van der Waals surface area contributed by atoms with Gasteiger partial charge in [-0.1, -0.05) is 41.4 Å². The normalized spacial score (nSPS) is 17.1. The van der Waals surface area contributed by atoms with Gasteiger partial charge in [-0.05, 0) is 49.1 Å². The Morgan fingerprint density at radius 1 is 1.18 bits per heavy atom. The van der Waals surface area contributed by atoms with Crippen molar-refractivity contribution in [2.45, 2.75) is 19.8 Å². The molecule has 0 aliphatic carbocycles. The monoisotopic (exact) mass is 415 g/mol. The number of aliphatic carboxylic acids is 1. The van der Waals surface area contributed by atoms with E-state index in [1.807, 2.05) is 37.3 Å². The van der Waals surface area contributed by atoms with E-state index < -0.39 is 11.9 Å². The van der Waals surface area contributed by atoms with Gasteiger partial charge in [0.25, 0.3) is 0 Å². The zero-order valence-corrected chi connectivity index (χ0v) is 16.8. The summed E-state index contributed by atoms with van der Waals surface area (Å²) in [5.41, 5.74) is 2.69. The van der Waals surface area contributed by atoms with E-state index in [0.29, 0.717) is 28.8 Å². The lowest BCUT2D eigenvalue weighted by Gasteiger charge is -2.32. The van der Waals surface area contributed by atoms with Crippen LogP contribution in [-0.2, 0) is 4.79 Å². The average Bonchev–Trinajstić information content (AvgIpc) is 2.69. The molecule has 1 aliphatic rings. The van der Waals surface area contributed by atoms with Crippen LogP contribution in [0.2, 0.25) is 10.0 Å². The molecule has 2 aromatic carbocycles. The molecule has 5 nitrogen and oxygen atoms in total. The van der Waals surface area contributed by atoms with Crippen LogP contribution < -0.4 is 4.90 Å². The smallest absolute Gasteiger partial charge is 0.308 e. The number of halogens is 2. The molecule has 7 heteroatoms. The molecule has 0 radical (unpaired) electrons. The third kappa shape index (κ3) is 3.52. The number of carbonyl (C=O) groups is 1. The topological polar surface area (TPSA) is 66.3 Å². The molecule has 1 atom stereocenters. The Hall–Kier alpha value is -2.37. The third-order valence-electron chi connectivity index (χ3n) is 5.12. The summed E-state index contributed by atoms with van der Waals surface area (Å²) in [6.07, 6.45) is 1.50. The number of rotatable bonds is 3. The minimum atomic E-state index is -0.760. The molecule has 0 saturated carbocycles. The van der Waals surface area contributed by atoms with Gasteiger partial charge in [-0.15, -0.1) is 0 Å². The maximum atomic E-state index is 11.5. The SMILES string of the molecule is Cc1nc(N2CCCC(C(=O)O)C2)c2c(-c3ccc(Cl)c(Cl)c3)cccc2n1. The van der Waals surface area contributed by atoms with Gasteiger partial charge in [-0.2, -0.15) is 0 Å². The number of nitrogens with zero attached hydrogens (tertiary/aromatic N) is 3. The molecule has 1 fully saturated rings. The van der Waals surface area contributed by atoms with Gasteiger partial charge in [0, 0.05) is 13.1 Å². The Morgan fingerprint density at radius 3 is 2.75 bits per heavy atom. The minimum Gasteiger partial charge on any atom is -0.481 e. The van der Waals surface area contributed by atoms with Gasteiger partial charge in [-0.25, -0.2) is 9.97 Å². The summed E-state index contributed by atoms with van der Waals surface area (Å²) in [5.74, 6) is 0.280. The quantitative estimate of drug-likeness (QED) is 0.635. The van der Waals surface area contributed by atoms with Gasteiger partial charge in [0.2, 0.25) is 0 Å². The molecular formula is C21H19Cl2N3O2. The number of aromatic nitrogens is 2. The fourth-order valence-electron chi connectivity index (χ4n) is 3.78. The highest BCUT2D eigenvalue weighted by Crippen LogP contribution is 2.37. The zero-order chi connectivity index (χ0) is 19.8. The lowest BCUT2D eigenvalue weighted by Crippen LogP contribution is -2.39. The van der Waals surface area contributed by atoms with Crippen molar-refractivity contribution < 1.29 is 9.90 Å². The van der Waals surface area contributed by atoms with Crippen LogP contribution in [0.1, 0.15) is 18.7 Å². The maximum absolute atomic E-state index is 11.5. The van der Waals surface area contributed by atoms with Crippen LogP contribution in [0.15, 0.2) is 36.4 Å². The molecule has 0 amide bonds. The molecule has 1 N–H and O–H groups in total. The number of fused-ring (bicyclic) bond motifs is 1. The van der Waals surface area contributed by atoms with E-state index in [1.165, 1.54) is 0 Å². The van der Waals surface area contributed by atoms with E-state index in [0.717, 1.165) is 40.8 Å². The van der Waals surface area contributed by atoms with E-state index in [-0.39, 0.29) is 0 Å². The summed E-state index contributed by atoms with van der Waals surface area (Å²) in [6.45, 7) is 3.06. The van der Waals surface area contributed by atoms with Crippen LogP contribution in [0.4, 0.5) is 5.82 Å². The second-order valence-corrected chi connectivity index (χ2v) is 7.86. The van der Waals surface area contributed by atoms with Crippen LogP contribution in [0, 0.1) is 12.8 Å². The first kappa shape index (κ1) is 19.0. The maximum Gasteiger partial charge on any atom is 0.308 e. The largest absolute Gasteiger partial charge is 0.481 e. The average molecular weight is 416 g/mol. The fraction of sp³-hybridized carbons (Fsp3) is 0.286. The number of anilines is 1. The standard InChI is InChI=1S/C21H19Cl2N3O2/c1-12-24-18-6-2-5-15(13-7-8-16(22)17(23)10-13)19(18)20(25-12)26-9-3-4-14(11-26)21(27)28/h2,5-8,10,14H,3-4,9,11H2,1H3,(H,27,28). The highest BCUT2D eigenvalue weighted by Gasteiger charge is 2.28. The van der Waals surface area contributed by atoms with Crippen molar-refractivity contribution in [1.82, 2.24) is 9.97 Å². The molecule has 144 valence electrons. The molecule has 3 aromatic rings. The third-order valence-corrected chi connectivity index (χ3v) is 5.86. The molecule has 1 unspecified atom stereocenters. The second-order valence-electron chi connectivity index (χ2n) is 7.05. The summed E-state index contributed by atoms with van der Waals surface area (Å²) in [7, 11) is 0.